The summed E-state index contributed by atoms with van der Waals surface area (Å²) in [7, 11) is 0. The monoisotopic (exact) mass is 349 g/mol. The van der Waals surface area contributed by atoms with Crippen LogP contribution in [0.25, 0.3) is 0 Å². The van der Waals surface area contributed by atoms with Crippen molar-refractivity contribution in [1.82, 2.24) is 15.5 Å². The zero-order chi connectivity index (χ0) is 17.4. The number of thiophene rings is 1. The Labute approximate surface area is 145 Å². The number of carbonyl (C=O) groups excluding carboxylic acids is 2. The van der Waals surface area contributed by atoms with Crippen molar-refractivity contribution in [2.75, 3.05) is 6.54 Å². The number of hydrogen-bond donors (Lipinski definition) is 2. The summed E-state index contributed by atoms with van der Waals surface area (Å²) in [4.78, 5) is 27.0. The van der Waals surface area contributed by atoms with E-state index in [1.165, 1.54) is 0 Å². The van der Waals surface area contributed by atoms with E-state index in [0.29, 0.717) is 13.1 Å². The molecule has 130 valence electrons. The molecule has 0 aliphatic heterocycles. The van der Waals surface area contributed by atoms with Crippen molar-refractivity contribution in [1.29, 1.82) is 0 Å². The number of amides is 3. The van der Waals surface area contributed by atoms with Crippen LogP contribution in [0, 0.1) is 0 Å². The number of rotatable bonds is 8. The van der Waals surface area contributed by atoms with Crippen LogP contribution in [0.2, 0.25) is 0 Å². The van der Waals surface area contributed by atoms with E-state index in [-0.39, 0.29) is 18.5 Å². The first-order valence-electron chi connectivity index (χ1n) is 7.94. The maximum absolute atomic E-state index is 12.1. The van der Waals surface area contributed by atoms with Crippen LogP contribution in [0.1, 0.15) is 30.9 Å². The van der Waals surface area contributed by atoms with Gasteiger partial charge in [0.1, 0.15) is 5.76 Å². The standard InChI is InChI=1S/C17H23N3O3S/c1-3-13(2)18-17(22)19-16(21)12-20(10-14-6-4-8-23-14)11-15-7-5-9-24-15/h4-9,13H,3,10-12H2,1-2H3,(H2,18,19,21,22)/t13-/m1/s1. The van der Waals surface area contributed by atoms with Crippen LogP contribution in [0.15, 0.2) is 40.3 Å². The molecule has 0 aromatic carbocycles. The molecule has 2 aromatic heterocycles. The van der Waals surface area contributed by atoms with Gasteiger partial charge in [0.15, 0.2) is 0 Å². The fourth-order valence-electron chi connectivity index (χ4n) is 2.14. The second-order valence-corrected chi connectivity index (χ2v) is 6.67. The van der Waals surface area contributed by atoms with Crippen LogP contribution in [-0.4, -0.2) is 29.4 Å². The van der Waals surface area contributed by atoms with Gasteiger partial charge in [0.05, 0.1) is 19.4 Å². The number of hydrogen-bond acceptors (Lipinski definition) is 5. The van der Waals surface area contributed by atoms with Crippen molar-refractivity contribution in [3.8, 4) is 0 Å². The van der Waals surface area contributed by atoms with E-state index in [0.717, 1.165) is 17.1 Å². The molecule has 1 atom stereocenters. The Balaban J connectivity index is 1.91. The Morgan fingerprint density at radius 1 is 1.29 bits per heavy atom. The molecule has 2 rings (SSSR count). The summed E-state index contributed by atoms with van der Waals surface area (Å²) in [6.07, 6.45) is 2.42. The molecule has 2 aromatic rings. The highest BCUT2D eigenvalue weighted by Crippen LogP contribution is 2.14. The minimum absolute atomic E-state index is 0.0307. The summed E-state index contributed by atoms with van der Waals surface area (Å²) in [5, 5.41) is 7.10. The molecule has 6 nitrogen and oxygen atoms in total. The average Bonchev–Trinajstić information content (AvgIpc) is 3.20. The van der Waals surface area contributed by atoms with Crippen LogP contribution < -0.4 is 10.6 Å². The van der Waals surface area contributed by atoms with E-state index < -0.39 is 6.03 Å². The fourth-order valence-corrected chi connectivity index (χ4v) is 2.89. The quantitative estimate of drug-likeness (QED) is 0.768. The van der Waals surface area contributed by atoms with Gasteiger partial charge in [-0.2, -0.15) is 0 Å². The SMILES string of the molecule is CC[C@@H](C)NC(=O)NC(=O)CN(Cc1ccco1)Cc1cccs1. The Hall–Kier alpha value is -2.12. The van der Waals surface area contributed by atoms with Gasteiger partial charge in [-0.1, -0.05) is 13.0 Å². The van der Waals surface area contributed by atoms with Gasteiger partial charge >= 0.3 is 6.03 Å². The lowest BCUT2D eigenvalue weighted by atomic mass is 10.3. The van der Waals surface area contributed by atoms with Gasteiger partial charge in [-0.05, 0) is 36.9 Å². The molecule has 7 heteroatoms. The van der Waals surface area contributed by atoms with Gasteiger partial charge in [-0.15, -0.1) is 11.3 Å². The van der Waals surface area contributed by atoms with Gasteiger partial charge < -0.3 is 9.73 Å². The first-order valence-corrected chi connectivity index (χ1v) is 8.82. The molecule has 3 amide bonds. The molecule has 0 fully saturated rings. The second-order valence-electron chi connectivity index (χ2n) is 5.63. The lowest BCUT2D eigenvalue weighted by Crippen LogP contribution is -2.46. The topological polar surface area (TPSA) is 74.6 Å². The van der Waals surface area contributed by atoms with Crippen molar-refractivity contribution in [2.45, 2.75) is 39.4 Å². The minimum Gasteiger partial charge on any atom is -0.468 e. The van der Waals surface area contributed by atoms with E-state index in [2.05, 4.69) is 10.6 Å². The van der Waals surface area contributed by atoms with Crippen LogP contribution in [-0.2, 0) is 17.9 Å². The second kappa shape index (κ2) is 9.24. The number of carbonyl (C=O) groups is 2. The highest BCUT2D eigenvalue weighted by molar-refractivity contribution is 7.09. The van der Waals surface area contributed by atoms with Crippen molar-refractivity contribution in [3.05, 3.63) is 46.5 Å². The summed E-state index contributed by atoms with van der Waals surface area (Å²) < 4.78 is 5.36. The highest BCUT2D eigenvalue weighted by Gasteiger charge is 2.16. The lowest BCUT2D eigenvalue weighted by Gasteiger charge is -2.20. The normalized spacial score (nSPS) is 12.1. The summed E-state index contributed by atoms with van der Waals surface area (Å²) in [6, 6.07) is 7.26. The molecule has 2 N–H and O–H groups in total. The van der Waals surface area contributed by atoms with Crippen molar-refractivity contribution < 1.29 is 14.0 Å². The third-order valence-electron chi connectivity index (χ3n) is 3.53. The molecule has 0 radical (unpaired) electrons. The van der Waals surface area contributed by atoms with Crippen LogP contribution in [0.5, 0.6) is 0 Å². The Morgan fingerprint density at radius 3 is 2.75 bits per heavy atom. The smallest absolute Gasteiger partial charge is 0.321 e. The molecule has 0 unspecified atom stereocenters. The first kappa shape index (κ1) is 18.2. The van der Waals surface area contributed by atoms with E-state index in [1.54, 1.807) is 17.6 Å². The van der Waals surface area contributed by atoms with Crippen molar-refractivity contribution >= 4 is 23.3 Å². The number of nitrogens with zero attached hydrogens (tertiary/aromatic N) is 1. The number of furan rings is 1. The Morgan fingerprint density at radius 2 is 2.12 bits per heavy atom. The summed E-state index contributed by atoms with van der Waals surface area (Å²) in [6.45, 7) is 5.11. The number of urea groups is 1. The molecular formula is C17H23N3O3S. The van der Waals surface area contributed by atoms with Gasteiger partial charge in [0.25, 0.3) is 0 Å². The predicted molar refractivity (Wildman–Crippen MR) is 93.6 cm³/mol. The lowest BCUT2D eigenvalue weighted by molar-refractivity contribution is -0.121. The molecule has 2 heterocycles. The minimum atomic E-state index is -0.455. The van der Waals surface area contributed by atoms with E-state index in [9.17, 15) is 9.59 Å². The van der Waals surface area contributed by atoms with Gasteiger partial charge in [-0.3, -0.25) is 15.0 Å². The Bertz CT molecular complexity index is 589. The number of nitrogens with one attached hydrogen (secondary N) is 2. The maximum atomic E-state index is 12.1. The molecular weight excluding hydrogens is 326 g/mol. The molecule has 0 saturated carbocycles. The summed E-state index contributed by atoms with van der Waals surface area (Å²) >= 11 is 1.63. The molecule has 0 bridgehead atoms. The fraction of sp³-hybridized carbons (Fsp3) is 0.412. The molecule has 0 aliphatic carbocycles. The molecule has 0 aliphatic rings. The zero-order valence-corrected chi connectivity index (χ0v) is 14.8. The van der Waals surface area contributed by atoms with Crippen LogP contribution in [0.4, 0.5) is 4.79 Å². The maximum Gasteiger partial charge on any atom is 0.321 e. The third-order valence-corrected chi connectivity index (χ3v) is 4.39. The van der Waals surface area contributed by atoms with E-state index in [1.807, 2.05) is 48.4 Å². The first-order chi connectivity index (χ1) is 11.6. The largest absolute Gasteiger partial charge is 0.468 e. The predicted octanol–water partition coefficient (Wildman–Crippen LogP) is 2.97. The van der Waals surface area contributed by atoms with Crippen LogP contribution >= 0.6 is 11.3 Å². The third kappa shape index (κ3) is 6.17. The van der Waals surface area contributed by atoms with Gasteiger partial charge in [-0.25, -0.2) is 4.79 Å². The van der Waals surface area contributed by atoms with E-state index >= 15 is 0 Å². The van der Waals surface area contributed by atoms with Gasteiger partial charge in [0.2, 0.25) is 5.91 Å². The highest BCUT2D eigenvalue weighted by atomic mass is 32.1. The Kier molecular flexibility index (Phi) is 7.02. The number of imide groups is 1. The summed E-state index contributed by atoms with van der Waals surface area (Å²) in [5.74, 6) is 0.447. The van der Waals surface area contributed by atoms with E-state index in [4.69, 9.17) is 4.42 Å². The van der Waals surface area contributed by atoms with Crippen molar-refractivity contribution in [2.24, 2.45) is 0 Å². The average molecular weight is 349 g/mol. The van der Waals surface area contributed by atoms with Gasteiger partial charge in [0, 0.05) is 17.5 Å². The molecule has 0 saturated heterocycles. The molecule has 24 heavy (non-hydrogen) atoms. The van der Waals surface area contributed by atoms with Crippen molar-refractivity contribution in [3.63, 3.8) is 0 Å². The molecule has 0 spiro atoms. The zero-order valence-electron chi connectivity index (χ0n) is 14.0. The summed E-state index contributed by atoms with van der Waals surface area (Å²) in [5.41, 5.74) is 0. The van der Waals surface area contributed by atoms with Crippen LogP contribution in [0.3, 0.4) is 0 Å².